The topological polar surface area (TPSA) is 61.4 Å². The second-order valence-electron chi connectivity index (χ2n) is 6.17. The molecule has 22 heavy (non-hydrogen) atoms. The highest BCUT2D eigenvalue weighted by Crippen LogP contribution is 2.19. The SMILES string of the molecule is CN(C)CC(C)(C)CNC(=O)C(=O)Nc1ccc(F)c(Cl)c1. The van der Waals surface area contributed by atoms with Gasteiger partial charge in [-0.1, -0.05) is 25.4 Å². The summed E-state index contributed by atoms with van der Waals surface area (Å²) in [5, 5.41) is 4.84. The summed E-state index contributed by atoms with van der Waals surface area (Å²) in [6, 6.07) is 3.70. The highest BCUT2D eigenvalue weighted by molar-refractivity contribution is 6.39. The summed E-state index contributed by atoms with van der Waals surface area (Å²) < 4.78 is 13.0. The van der Waals surface area contributed by atoms with Crippen molar-refractivity contribution in [1.82, 2.24) is 10.2 Å². The molecular formula is C15H21ClFN3O2. The van der Waals surface area contributed by atoms with Gasteiger partial charge in [-0.05, 0) is 37.7 Å². The van der Waals surface area contributed by atoms with Crippen molar-refractivity contribution in [2.45, 2.75) is 13.8 Å². The average molecular weight is 330 g/mol. The lowest BCUT2D eigenvalue weighted by atomic mass is 9.93. The molecule has 0 radical (unpaired) electrons. The van der Waals surface area contributed by atoms with E-state index in [0.717, 1.165) is 12.6 Å². The van der Waals surface area contributed by atoms with Crippen LogP contribution in [0.3, 0.4) is 0 Å². The molecule has 0 fully saturated rings. The maximum atomic E-state index is 13.0. The maximum absolute atomic E-state index is 13.0. The molecule has 0 bridgehead atoms. The van der Waals surface area contributed by atoms with Gasteiger partial charge >= 0.3 is 11.8 Å². The zero-order chi connectivity index (χ0) is 16.9. The van der Waals surface area contributed by atoms with Crippen LogP contribution in [0, 0.1) is 11.2 Å². The fourth-order valence-electron chi connectivity index (χ4n) is 2.07. The Kier molecular flexibility index (Phi) is 6.32. The summed E-state index contributed by atoms with van der Waals surface area (Å²) in [7, 11) is 3.88. The molecule has 0 saturated carbocycles. The van der Waals surface area contributed by atoms with Gasteiger partial charge in [0.1, 0.15) is 5.82 Å². The first-order valence-corrected chi connectivity index (χ1v) is 7.17. The van der Waals surface area contributed by atoms with E-state index in [-0.39, 0.29) is 16.1 Å². The summed E-state index contributed by atoms with van der Waals surface area (Å²) in [6.07, 6.45) is 0. The molecule has 0 aliphatic rings. The highest BCUT2D eigenvalue weighted by atomic mass is 35.5. The number of rotatable bonds is 5. The van der Waals surface area contributed by atoms with E-state index in [1.54, 1.807) is 0 Å². The molecule has 0 unspecified atom stereocenters. The molecule has 1 aromatic rings. The zero-order valence-electron chi connectivity index (χ0n) is 13.2. The first kappa shape index (κ1) is 18.4. The lowest BCUT2D eigenvalue weighted by molar-refractivity contribution is -0.136. The monoisotopic (exact) mass is 329 g/mol. The van der Waals surface area contributed by atoms with Crippen LogP contribution in [0.5, 0.6) is 0 Å². The van der Waals surface area contributed by atoms with Crippen molar-refractivity contribution in [3.05, 3.63) is 29.0 Å². The third-order valence-corrected chi connectivity index (χ3v) is 3.15. The van der Waals surface area contributed by atoms with Gasteiger partial charge in [-0.2, -0.15) is 0 Å². The lowest BCUT2D eigenvalue weighted by Crippen LogP contribution is -2.43. The Morgan fingerprint density at radius 3 is 2.45 bits per heavy atom. The standard InChI is InChI=1S/C15H21ClFN3O2/c1-15(2,9-20(3)4)8-18-13(21)14(22)19-10-5-6-12(17)11(16)7-10/h5-7H,8-9H2,1-4H3,(H,18,21)(H,19,22). The normalized spacial score (nSPS) is 11.4. The molecule has 0 heterocycles. The van der Waals surface area contributed by atoms with Crippen molar-refractivity contribution in [3.63, 3.8) is 0 Å². The quantitative estimate of drug-likeness (QED) is 0.813. The van der Waals surface area contributed by atoms with Crippen LogP contribution in [0.25, 0.3) is 0 Å². The van der Waals surface area contributed by atoms with Crippen molar-refractivity contribution in [3.8, 4) is 0 Å². The molecule has 2 amide bonds. The van der Waals surface area contributed by atoms with Crippen LogP contribution in [-0.2, 0) is 9.59 Å². The van der Waals surface area contributed by atoms with Gasteiger partial charge in [0.2, 0.25) is 0 Å². The predicted octanol–water partition coefficient (Wildman–Crippen LogP) is 2.12. The Bertz CT molecular complexity index is 562. The number of halogens is 2. The fourth-order valence-corrected chi connectivity index (χ4v) is 2.25. The second kappa shape index (κ2) is 7.56. The average Bonchev–Trinajstić information content (AvgIpc) is 2.39. The van der Waals surface area contributed by atoms with E-state index in [1.165, 1.54) is 12.1 Å². The summed E-state index contributed by atoms with van der Waals surface area (Å²) in [6.45, 7) is 5.11. The molecule has 0 saturated heterocycles. The van der Waals surface area contributed by atoms with Crippen LogP contribution in [0.2, 0.25) is 5.02 Å². The molecule has 1 aromatic carbocycles. The van der Waals surface area contributed by atoms with Gasteiger partial charge in [-0.3, -0.25) is 9.59 Å². The molecule has 2 N–H and O–H groups in total. The molecule has 0 aliphatic heterocycles. The third kappa shape index (κ3) is 5.99. The van der Waals surface area contributed by atoms with E-state index in [9.17, 15) is 14.0 Å². The Balaban J connectivity index is 2.55. The van der Waals surface area contributed by atoms with Gasteiger partial charge in [-0.25, -0.2) is 4.39 Å². The van der Waals surface area contributed by atoms with Crippen LogP contribution < -0.4 is 10.6 Å². The molecule has 0 atom stereocenters. The van der Waals surface area contributed by atoms with Crippen molar-refractivity contribution in [2.24, 2.45) is 5.41 Å². The molecule has 122 valence electrons. The number of nitrogens with zero attached hydrogens (tertiary/aromatic N) is 1. The number of hydrogen-bond acceptors (Lipinski definition) is 3. The Morgan fingerprint density at radius 1 is 1.27 bits per heavy atom. The van der Waals surface area contributed by atoms with E-state index in [2.05, 4.69) is 10.6 Å². The van der Waals surface area contributed by atoms with Crippen molar-refractivity contribution in [1.29, 1.82) is 0 Å². The van der Waals surface area contributed by atoms with Crippen LogP contribution in [0.1, 0.15) is 13.8 Å². The molecule has 1 rings (SSSR count). The first-order valence-electron chi connectivity index (χ1n) is 6.80. The van der Waals surface area contributed by atoms with Gasteiger partial charge < -0.3 is 15.5 Å². The number of benzene rings is 1. The largest absolute Gasteiger partial charge is 0.347 e. The van der Waals surface area contributed by atoms with Gasteiger partial charge in [0, 0.05) is 18.8 Å². The van der Waals surface area contributed by atoms with Crippen molar-refractivity contribution < 1.29 is 14.0 Å². The zero-order valence-corrected chi connectivity index (χ0v) is 13.9. The predicted molar refractivity (Wildman–Crippen MR) is 85.4 cm³/mol. The van der Waals surface area contributed by atoms with E-state index in [4.69, 9.17) is 11.6 Å². The smallest absolute Gasteiger partial charge is 0.313 e. The van der Waals surface area contributed by atoms with E-state index >= 15 is 0 Å². The minimum Gasteiger partial charge on any atom is -0.347 e. The number of hydrogen-bond donors (Lipinski definition) is 2. The van der Waals surface area contributed by atoms with E-state index in [1.807, 2.05) is 32.8 Å². The number of amides is 2. The first-order chi connectivity index (χ1) is 10.1. The minimum absolute atomic E-state index is 0.120. The molecule has 0 aliphatic carbocycles. The van der Waals surface area contributed by atoms with Crippen LogP contribution in [0.15, 0.2) is 18.2 Å². The molecule has 7 heteroatoms. The van der Waals surface area contributed by atoms with E-state index < -0.39 is 17.6 Å². The van der Waals surface area contributed by atoms with Crippen LogP contribution in [-0.4, -0.2) is 43.9 Å². The Morgan fingerprint density at radius 2 is 1.91 bits per heavy atom. The second-order valence-corrected chi connectivity index (χ2v) is 6.57. The van der Waals surface area contributed by atoms with Gasteiger partial charge in [-0.15, -0.1) is 0 Å². The molecule has 0 spiro atoms. The Labute approximate surface area is 134 Å². The third-order valence-electron chi connectivity index (χ3n) is 2.86. The molecule has 0 aromatic heterocycles. The van der Waals surface area contributed by atoms with Crippen LogP contribution >= 0.6 is 11.6 Å². The highest BCUT2D eigenvalue weighted by Gasteiger charge is 2.22. The Hall–Kier alpha value is -1.66. The van der Waals surface area contributed by atoms with Gasteiger partial charge in [0.05, 0.1) is 5.02 Å². The molecule has 5 nitrogen and oxygen atoms in total. The number of nitrogens with one attached hydrogen (secondary N) is 2. The number of carbonyl (C=O) groups excluding carboxylic acids is 2. The van der Waals surface area contributed by atoms with Crippen molar-refractivity contribution in [2.75, 3.05) is 32.5 Å². The summed E-state index contributed by atoms with van der Waals surface area (Å²) in [5.74, 6) is -2.15. The van der Waals surface area contributed by atoms with Gasteiger partial charge in [0.15, 0.2) is 0 Å². The van der Waals surface area contributed by atoms with Crippen LogP contribution in [0.4, 0.5) is 10.1 Å². The lowest BCUT2D eigenvalue weighted by Gasteiger charge is -2.28. The molecular weight excluding hydrogens is 309 g/mol. The summed E-state index contributed by atoms with van der Waals surface area (Å²) >= 11 is 5.61. The summed E-state index contributed by atoms with van der Waals surface area (Å²) in [4.78, 5) is 25.6. The fraction of sp³-hybridized carbons (Fsp3) is 0.467. The van der Waals surface area contributed by atoms with E-state index in [0.29, 0.717) is 6.54 Å². The number of carbonyl (C=O) groups is 2. The minimum atomic E-state index is -0.816. The van der Waals surface area contributed by atoms with Crippen molar-refractivity contribution >= 4 is 29.1 Å². The summed E-state index contributed by atoms with van der Waals surface area (Å²) in [5.41, 5.74) is 0.0950. The number of anilines is 1. The van der Waals surface area contributed by atoms with Gasteiger partial charge in [0.25, 0.3) is 0 Å². The maximum Gasteiger partial charge on any atom is 0.313 e.